The van der Waals surface area contributed by atoms with Gasteiger partial charge in [-0.2, -0.15) is 0 Å². The molecule has 0 radical (unpaired) electrons. The molecule has 0 saturated carbocycles. The lowest BCUT2D eigenvalue weighted by atomic mass is 9.92. The Morgan fingerprint density at radius 2 is 1.84 bits per heavy atom. The van der Waals surface area contributed by atoms with Gasteiger partial charge in [0, 0.05) is 42.5 Å². The molecule has 0 bridgehead atoms. The van der Waals surface area contributed by atoms with Crippen LogP contribution in [0.5, 0.6) is 0 Å². The van der Waals surface area contributed by atoms with E-state index in [2.05, 4.69) is 41.2 Å². The third-order valence-electron chi connectivity index (χ3n) is 5.60. The Kier molecular flexibility index (Phi) is 4.32. The van der Waals surface area contributed by atoms with E-state index >= 15 is 0 Å². The van der Waals surface area contributed by atoms with Crippen molar-refractivity contribution in [1.29, 1.82) is 0 Å². The van der Waals surface area contributed by atoms with E-state index in [4.69, 9.17) is 9.97 Å². The molecule has 1 fully saturated rings. The lowest BCUT2D eigenvalue weighted by Gasteiger charge is -2.34. The largest absolute Gasteiger partial charge is 0.370 e. The average Bonchev–Trinajstić information content (AvgIpc) is 2.64. The Morgan fingerprint density at radius 1 is 1.04 bits per heavy atom. The average molecular weight is 337 g/mol. The van der Waals surface area contributed by atoms with Gasteiger partial charge in [-0.25, -0.2) is 15.0 Å². The molecule has 2 aromatic heterocycles. The van der Waals surface area contributed by atoms with Gasteiger partial charge in [-0.1, -0.05) is 6.07 Å². The van der Waals surface area contributed by atoms with Crippen molar-refractivity contribution in [2.75, 3.05) is 29.9 Å². The van der Waals surface area contributed by atoms with Crippen LogP contribution in [0.15, 0.2) is 12.1 Å². The Morgan fingerprint density at radius 3 is 2.64 bits per heavy atom. The number of piperidine rings is 1. The molecule has 4 rings (SSSR count). The fraction of sp³-hybridized carbons (Fsp3) is 0.550. The van der Waals surface area contributed by atoms with E-state index in [-0.39, 0.29) is 0 Å². The number of rotatable bonds is 2. The normalized spacial score (nSPS) is 18.0. The van der Waals surface area contributed by atoms with Crippen molar-refractivity contribution in [2.24, 2.45) is 0 Å². The Labute approximate surface area is 149 Å². The summed E-state index contributed by atoms with van der Waals surface area (Å²) in [5, 5.41) is 3.46. The van der Waals surface area contributed by atoms with E-state index in [9.17, 15) is 0 Å². The summed E-state index contributed by atoms with van der Waals surface area (Å²) in [5.41, 5.74) is 4.92. The van der Waals surface area contributed by atoms with Gasteiger partial charge in [-0.05, 0) is 58.1 Å². The zero-order chi connectivity index (χ0) is 17.4. The van der Waals surface area contributed by atoms with Crippen LogP contribution >= 0.6 is 0 Å². The molecule has 1 N–H and O–H groups in total. The van der Waals surface area contributed by atoms with Crippen molar-refractivity contribution < 1.29 is 0 Å². The summed E-state index contributed by atoms with van der Waals surface area (Å²) in [5.74, 6) is 3.64. The second-order valence-corrected chi connectivity index (χ2v) is 7.34. The topological polar surface area (TPSA) is 53.9 Å². The molecule has 0 unspecified atom stereocenters. The van der Waals surface area contributed by atoms with E-state index in [1.54, 1.807) is 0 Å². The molecule has 0 amide bonds. The summed E-state index contributed by atoms with van der Waals surface area (Å²) in [7, 11) is 0. The predicted molar refractivity (Wildman–Crippen MR) is 101 cm³/mol. The minimum absolute atomic E-state index is 0.551. The van der Waals surface area contributed by atoms with Gasteiger partial charge in [0.15, 0.2) is 0 Å². The summed E-state index contributed by atoms with van der Waals surface area (Å²) in [6.45, 7) is 9.30. The highest BCUT2D eigenvalue weighted by atomic mass is 15.2. The predicted octanol–water partition coefficient (Wildman–Crippen LogP) is 3.54. The molecule has 5 heteroatoms. The van der Waals surface area contributed by atoms with Crippen LogP contribution in [0.4, 0.5) is 11.6 Å². The van der Waals surface area contributed by atoms with E-state index in [1.165, 1.54) is 23.2 Å². The van der Waals surface area contributed by atoms with E-state index in [0.29, 0.717) is 5.92 Å². The molecule has 2 aliphatic rings. The number of fused-ring (bicyclic) bond motifs is 1. The Balaban J connectivity index is 1.48. The van der Waals surface area contributed by atoms with Crippen LogP contribution in [0.1, 0.15) is 53.5 Å². The van der Waals surface area contributed by atoms with Crippen LogP contribution in [0, 0.1) is 20.8 Å². The molecular formula is C20H27N5. The number of aromatic nitrogens is 3. The third kappa shape index (κ3) is 3.20. The van der Waals surface area contributed by atoms with Crippen LogP contribution in [-0.4, -0.2) is 34.6 Å². The molecule has 0 aromatic carbocycles. The number of hydrogen-bond donors (Lipinski definition) is 1. The maximum absolute atomic E-state index is 4.93. The van der Waals surface area contributed by atoms with Gasteiger partial charge < -0.3 is 10.2 Å². The van der Waals surface area contributed by atoms with Crippen molar-refractivity contribution in [1.82, 2.24) is 15.0 Å². The summed E-state index contributed by atoms with van der Waals surface area (Å²) < 4.78 is 0. The lowest BCUT2D eigenvalue weighted by Crippen LogP contribution is -2.34. The second-order valence-electron chi connectivity index (χ2n) is 7.34. The minimum atomic E-state index is 0.551. The van der Waals surface area contributed by atoms with Crippen molar-refractivity contribution in [3.05, 3.63) is 40.5 Å². The number of nitrogens with zero attached hydrogens (tertiary/aromatic N) is 4. The molecule has 4 heterocycles. The van der Waals surface area contributed by atoms with Crippen molar-refractivity contribution in [3.8, 4) is 0 Å². The zero-order valence-corrected chi connectivity index (χ0v) is 15.5. The molecule has 5 nitrogen and oxygen atoms in total. The summed E-state index contributed by atoms with van der Waals surface area (Å²) in [6.07, 6.45) is 4.63. The first-order chi connectivity index (χ1) is 12.1. The molecule has 0 spiro atoms. The summed E-state index contributed by atoms with van der Waals surface area (Å²) in [6, 6.07) is 4.52. The fourth-order valence-electron chi connectivity index (χ4n) is 4.02. The van der Waals surface area contributed by atoms with Crippen molar-refractivity contribution >= 4 is 11.6 Å². The van der Waals surface area contributed by atoms with Gasteiger partial charge in [-0.15, -0.1) is 0 Å². The summed E-state index contributed by atoms with van der Waals surface area (Å²) in [4.78, 5) is 16.5. The van der Waals surface area contributed by atoms with Gasteiger partial charge in [0.05, 0.1) is 0 Å². The van der Waals surface area contributed by atoms with Crippen LogP contribution < -0.4 is 10.2 Å². The third-order valence-corrected chi connectivity index (χ3v) is 5.60. The van der Waals surface area contributed by atoms with Crippen LogP contribution in [0.25, 0.3) is 0 Å². The smallest absolute Gasteiger partial charge is 0.135 e. The lowest BCUT2D eigenvalue weighted by molar-refractivity contribution is 0.492. The molecule has 25 heavy (non-hydrogen) atoms. The maximum atomic E-state index is 4.93. The van der Waals surface area contributed by atoms with Crippen molar-refractivity contribution in [2.45, 2.75) is 52.4 Å². The van der Waals surface area contributed by atoms with E-state index in [1.807, 2.05) is 6.92 Å². The number of hydrogen-bond acceptors (Lipinski definition) is 5. The van der Waals surface area contributed by atoms with Crippen LogP contribution in [0.3, 0.4) is 0 Å². The standard InChI is InChI=1S/C20H27N5/c1-13-14(2)22-15(3)23-20(13)25-11-8-16(9-12-25)18-7-6-17-5-4-10-21-19(17)24-18/h6-7,16H,4-5,8-12H2,1-3H3,(H,21,24). The van der Waals surface area contributed by atoms with E-state index in [0.717, 1.165) is 62.1 Å². The minimum Gasteiger partial charge on any atom is -0.370 e. The Hall–Kier alpha value is -2.17. The molecular weight excluding hydrogens is 310 g/mol. The number of anilines is 2. The van der Waals surface area contributed by atoms with Gasteiger partial charge in [0.1, 0.15) is 17.5 Å². The highest BCUT2D eigenvalue weighted by Gasteiger charge is 2.25. The molecule has 0 atom stereocenters. The molecule has 1 saturated heterocycles. The van der Waals surface area contributed by atoms with Crippen molar-refractivity contribution in [3.63, 3.8) is 0 Å². The van der Waals surface area contributed by atoms with Gasteiger partial charge in [-0.3, -0.25) is 0 Å². The van der Waals surface area contributed by atoms with E-state index < -0.39 is 0 Å². The molecule has 2 aliphatic heterocycles. The van der Waals surface area contributed by atoms with Crippen LogP contribution in [0.2, 0.25) is 0 Å². The monoisotopic (exact) mass is 337 g/mol. The molecule has 2 aromatic rings. The van der Waals surface area contributed by atoms with Crippen LogP contribution in [-0.2, 0) is 6.42 Å². The summed E-state index contributed by atoms with van der Waals surface area (Å²) >= 11 is 0. The first kappa shape index (κ1) is 16.3. The second kappa shape index (κ2) is 6.62. The fourth-order valence-corrected chi connectivity index (χ4v) is 4.02. The number of aryl methyl sites for hydroxylation is 3. The Bertz CT molecular complexity index is 778. The first-order valence-electron chi connectivity index (χ1n) is 9.42. The van der Waals surface area contributed by atoms with Gasteiger partial charge >= 0.3 is 0 Å². The van der Waals surface area contributed by atoms with Gasteiger partial charge in [0.2, 0.25) is 0 Å². The maximum Gasteiger partial charge on any atom is 0.135 e. The zero-order valence-electron chi connectivity index (χ0n) is 15.5. The molecule has 0 aliphatic carbocycles. The number of pyridine rings is 1. The highest BCUT2D eigenvalue weighted by molar-refractivity contribution is 5.50. The quantitative estimate of drug-likeness (QED) is 0.908. The molecule has 132 valence electrons. The van der Waals surface area contributed by atoms with Gasteiger partial charge in [0.25, 0.3) is 0 Å². The number of nitrogens with one attached hydrogen (secondary N) is 1. The highest BCUT2D eigenvalue weighted by Crippen LogP contribution is 2.32. The first-order valence-corrected chi connectivity index (χ1v) is 9.42. The SMILES string of the molecule is Cc1nc(C)c(C)c(N2CCC(c3ccc4c(n3)NCCC4)CC2)n1.